The normalized spacial score (nSPS) is 14.2. The molecular formula is C18H24N2O5. The predicted octanol–water partition coefficient (Wildman–Crippen LogP) is 1.65. The van der Waals surface area contributed by atoms with Crippen molar-refractivity contribution in [3.63, 3.8) is 0 Å². The Hall–Kier alpha value is -2.57. The van der Waals surface area contributed by atoms with Gasteiger partial charge in [0.05, 0.1) is 18.7 Å². The first kappa shape index (κ1) is 18.8. The Kier molecular flexibility index (Phi) is 6.01. The number of fused-ring (bicyclic) bond motifs is 1. The van der Waals surface area contributed by atoms with Crippen molar-refractivity contribution >= 4 is 23.5 Å². The molecule has 1 N–H and O–H groups in total. The fourth-order valence-electron chi connectivity index (χ4n) is 2.32. The van der Waals surface area contributed by atoms with Crippen LogP contribution in [0.3, 0.4) is 0 Å². The average molecular weight is 348 g/mol. The number of amides is 2. The predicted molar refractivity (Wildman–Crippen MR) is 92.4 cm³/mol. The van der Waals surface area contributed by atoms with Gasteiger partial charge in [0.1, 0.15) is 12.3 Å². The molecule has 2 rings (SSSR count). The molecule has 1 aliphatic rings. The summed E-state index contributed by atoms with van der Waals surface area (Å²) in [5.74, 6) is -0.692. The van der Waals surface area contributed by atoms with Crippen LogP contribution in [0.1, 0.15) is 33.6 Å². The Balaban J connectivity index is 1.95. The first-order chi connectivity index (χ1) is 11.8. The van der Waals surface area contributed by atoms with Crippen molar-refractivity contribution in [2.45, 2.75) is 39.2 Å². The molecule has 1 aliphatic heterocycles. The largest absolute Gasteiger partial charge is 0.491 e. The molecule has 0 aliphatic carbocycles. The molecule has 0 atom stereocenters. The van der Waals surface area contributed by atoms with Gasteiger partial charge in [0.25, 0.3) is 5.91 Å². The lowest BCUT2D eigenvalue weighted by Crippen LogP contribution is -2.45. The molecule has 25 heavy (non-hydrogen) atoms. The highest BCUT2D eigenvalue weighted by Gasteiger charge is 2.26. The second kappa shape index (κ2) is 8.00. The summed E-state index contributed by atoms with van der Waals surface area (Å²) >= 11 is 0. The van der Waals surface area contributed by atoms with E-state index in [0.29, 0.717) is 11.4 Å². The van der Waals surface area contributed by atoms with E-state index in [2.05, 4.69) is 5.32 Å². The van der Waals surface area contributed by atoms with E-state index in [1.807, 2.05) is 20.8 Å². The Morgan fingerprint density at radius 3 is 2.76 bits per heavy atom. The van der Waals surface area contributed by atoms with E-state index in [1.165, 1.54) is 4.90 Å². The third-order valence-corrected chi connectivity index (χ3v) is 4.04. The number of nitrogens with zero attached hydrogens (tertiary/aromatic N) is 1. The minimum Gasteiger partial charge on any atom is -0.491 e. The van der Waals surface area contributed by atoms with Gasteiger partial charge in [-0.05, 0) is 32.4 Å². The van der Waals surface area contributed by atoms with Crippen molar-refractivity contribution < 1.29 is 23.9 Å². The van der Waals surface area contributed by atoms with Crippen LogP contribution in [0.25, 0.3) is 0 Å². The van der Waals surface area contributed by atoms with Gasteiger partial charge >= 0.3 is 5.97 Å². The fourth-order valence-corrected chi connectivity index (χ4v) is 2.32. The average Bonchev–Trinajstić information content (AvgIpc) is 2.72. The summed E-state index contributed by atoms with van der Waals surface area (Å²) in [5, 5.41) is 2.78. The smallest absolute Gasteiger partial charge is 0.326 e. The van der Waals surface area contributed by atoms with Crippen molar-refractivity contribution in [3.05, 3.63) is 24.3 Å². The maximum absolute atomic E-state index is 12.2. The highest BCUT2D eigenvalue weighted by Crippen LogP contribution is 2.30. The highest BCUT2D eigenvalue weighted by atomic mass is 16.5. The number of esters is 1. The zero-order valence-corrected chi connectivity index (χ0v) is 14.8. The fraction of sp³-hybridized carbons (Fsp3) is 0.500. The van der Waals surface area contributed by atoms with Crippen LogP contribution in [0.15, 0.2) is 24.3 Å². The van der Waals surface area contributed by atoms with Crippen LogP contribution in [0, 0.1) is 0 Å². The molecule has 7 heteroatoms. The van der Waals surface area contributed by atoms with E-state index in [-0.39, 0.29) is 43.5 Å². The summed E-state index contributed by atoms with van der Waals surface area (Å²) < 4.78 is 10.5. The molecule has 1 aromatic rings. The quantitative estimate of drug-likeness (QED) is 0.790. The lowest BCUT2D eigenvalue weighted by molar-refractivity contribution is -0.148. The number of ether oxygens (including phenoxy) is 2. The molecule has 0 spiro atoms. The van der Waals surface area contributed by atoms with Gasteiger partial charge in [-0.2, -0.15) is 0 Å². The van der Waals surface area contributed by atoms with Crippen molar-refractivity contribution in [2.75, 3.05) is 24.7 Å². The molecule has 7 nitrogen and oxygen atoms in total. The number of carbonyl (C=O) groups excluding carboxylic acids is 3. The van der Waals surface area contributed by atoms with Crippen LogP contribution in [0.5, 0.6) is 5.75 Å². The number of hydrogen-bond acceptors (Lipinski definition) is 5. The van der Waals surface area contributed by atoms with E-state index in [0.717, 1.165) is 6.42 Å². The van der Waals surface area contributed by atoms with Crippen LogP contribution in [-0.2, 0) is 19.1 Å². The number of rotatable bonds is 6. The van der Waals surface area contributed by atoms with Crippen LogP contribution in [-0.4, -0.2) is 43.1 Å². The number of para-hydroxylation sites is 2. The molecule has 0 bridgehead atoms. The van der Waals surface area contributed by atoms with Gasteiger partial charge in [-0.25, -0.2) is 0 Å². The molecular weight excluding hydrogens is 324 g/mol. The van der Waals surface area contributed by atoms with Crippen LogP contribution in [0.2, 0.25) is 0 Å². The zero-order chi connectivity index (χ0) is 18.4. The second-order valence-electron chi connectivity index (χ2n) is 6.49. The van der Waals surface area contributed by atoms with Crippen molar-refractivity contribution in [1.29, 1.82) is 0 Å². The molecule has 136 valence electrons. The molecule has 0 saturated carbocycles. The summed E-state index contributed by atoms with van der Waals surface area (Å²) in [5.41, 5.74) is 0.166. The molecule has 1 heterocycles. The third-order valence-electron chi connectivity index (χ3n) is 4.04. The van der Waals surface area contributed by atoms with E-state index in [9.17, 15) is 14.4 Å². The highest BCUT2D eigenvalue weighted by molar-refractivity contribution is 5.99. The molecule has 2 amide bonds. The molecule has 0 saturated heterocycles. The van der Waals surface area contributed by atoms with Gasteiger partial charge in [0.15, 0.2) is 6.61 Å². The summed E-state index contributed by atoms with van der Waals surface area (Å²) in [6.45, 7) is 5.36. The number of benzene rings is 1. The van der Waals surface area contributed by atoms with E-state index < -0.39 is 5.97 Å². The number of carbonyl (C=O) groups is 3. The van der Waals surface area contributed by atoms with Gasteiger partial charge in [-0.15, -0.1) is 0 Å². The Labute approximate surface area is 147 Å². The monoisotopic (exact) mass is 348 g/mol. The maximum Gasteiger partial charge on any atom is 0.326 e. The first-order valence-electron chi connectivity index (χ1n) is 8.31. The second-order valence-corrected chi connectivity index (χ2v) is 6.49. The van der Waals surface area contributed by atoms with E-state index >= 15 is 0 Å². The van der Waals surface area contributed by atoms with Crippen molar-refractivity contribution in [2.24, 2.45) is 0 Å². The van der Waals surface area contributed by atoms with Gasteiger partial charge < -0.3 is 14.8 Å². The number of hydrogen-bond donors (Lipinski definition) is 1. The van der Waals surface area contributed by atoms with Gasteiger partial charge in [-0.1, -0.05) is 19.1 Å². The topological polar surface area (TPSA) is 84.9 Å². The Bertz CT molecular complexity index is 657. The zero-order valence-electron chi connectivity index (χ0n) is 14.8. The summed E-state index contributed by atoms with van der Waals surface area (Å²) in [4.78, 5) is 37.5. The maximum atomic E-state index is 12.2. The van der Waals surface area contributed by atoms with E-state index in [1.54, 1.807) is 24.3 Å². The SMILES string of the molecule is CCC(C)(C)NC(=O)COC(=O)CN1C(=O)CCOc2ccccc21. The molecule has 1 aromatic carbocycles. The molecule has 0 unspecified atom stereocenters. The van der Waals surface area contributed by atoms with Gasteiger partial charge in [0, 0.05) is 5.54 Å². The number of nitrogens with one attached hydrogen (secondary N) is 1. The van der Waals surface area contributed by atoms with Gasteiger partial charge in [-0.3, -0.25) is 19.3 Å². The standard InChI is InChI=1S/C18H24N2O5/c1-4-18(2,3)19-15(21)12-25-17(23)11-20-13-7-5-6-8-14(13)24-10-9-16(20)22/h5-8H,4,9-12H2,1-3H3,(H,19,21). The third kappa shape index (κ3) is 5.20. The van der Waals surface area contributed by atoms with Crippen molar-refractivity contribution in [1.82, 2.24) is 5.32 Å². The van der Waals surface area contributed by atoms with Crippen LogP contribution >= 0.6 is 0 Å². The Morgan fingerprint density at radius 1 is 1.32 bits per heavy atom. The molecule has 0 aromatic heterocycles. The van der Waals surface area contributed by atoms with Crippen LogP contribution in [0.4, 0.5) is 5.69 Å². The lowest BCUT2D eigenvalue weighted by Gasteiger charge is -2.24. The summed E-state index contributed by atoms with van der Waals surface area (Å²) in [7, 11) is 0. The Morgan fingerprint density at radius 2 is 2.04 bits per heavy atom. The first-order valence-corrected chi connectivity index (χ1v) is 8.31. The molecule has 0 fully saturated rings. The minimum atomic E-state index is -0.644. The number of anilines is 1. The van der Waals surface area contributed by atoms with Crippen LogP contribution < -0.4 is 15.0 Å². The minimum absolute atomic E-state index is 0.174. The lowest BCUT2D eigenvalue weighted by atomic mass is 10.0. The van der Waals surface area contributed by atoms with E-state index in [4.69, 9.17) is 9.47 Å². The van der Waals surface area contributed by atoms with Crippen molar-refractivity contribution in [3.8, 4) is 5.75 Å². The van der Waals surface area contributed by atoms with Gasteiger partial charge in [0.2, 0.25) is 5.91 Å². The summed E-state index contributed by atoms with van der Waals surface area (Å²) in [6, 6.07) is 7.01. The molecule has 0 radical (unpaired) electrons. The summed E-state index contributed by atoms with van der Waals surface area (Å²) in [6.07, 6.45) is 0.929.